The summed E-state index contributed by atoms with van der Waals surface area (Å²) in [6.07, 6.45) is 3.18. The van der Waals surface area contributed by atoms with Gasteiger partial charge in [0.1, 0.15) is 0 Å². The van der Waals surface area contributed by atoms with Crippen LogP contribution in [0, 0.1) is 0 Å². The molecule has 5 N–H and O–H groups in total. The third kappa shape index (κ3) is 4.18. The average molecular weight is 370 g/mol. The van der Waals surface area contributed by atoms with E-state index in [0.29, 0.717) is 12.8 Å². The molecule has 7 nitrogen and oxygen atoms in total. The molecule has 0 saturated heterocycles. The van der Waals surface area contributed by atoms with Gasteiger partial charge in [-0.1, -0.05) is 18.9 Å². The average Bonchev–Trinajstić information content (AvgIpc) is 2.86. The van der Waals surface area contributed by atoms with Crippen molar-refractivity contribution < 1.29 is 16.8 Å². The van der Waals surface area contributed by atoms with Crippen LogP contribution in [-0.4, -0.2) is 28.9 Å². The molecule has 10 heteroatoms. The van der Waals surface area contributed by atoms with E-state index in [9.17, 15) is 16.8 Å². The first-order valence-corrected chi connectivity index (χ1v) is 9.58. The molecule has 2 rings (SSSR count). The van der Waals surface area contributed by atoms with Gasteiger partial charge in [0.25, 0.3) is 0 Å². The van der Waals surface area contributed by atoms with Gasteiger partial charge in [0, 0.05) is 12.1 Å². The van der Waals surface area contributed by atoms with Gasteiger partial charge in [0.2, 0.25) is 20.0 Å². The van der Waals surface area contributed by atoms with Crippen LogP contribution in [0.1, 0.15) is 25.7 Å². The molecule has 1 fully saturated rings. The molecule has 1 aromatic carbocycles. The maximum absolute atomic E-state index is 12.4. The Balaban J connectivity index is 0.00000242. The monoisotopic (exact) mass is 369 g/mol. The van der Waals surface area contributed by atoms with E-state index in [1.165, 1.54) is 18.2 Å². The standard InChI is InChI=1S/C12H19N3O4S2.ClH/c13-9-12(6-1-2-7-12)15-21(18,19)11-5-3-4-10(8-11)20(14,16)17;/h3-5,8,15H,1-2,6-7,9,13H2,(H2,14,16,17);1H. The fraction of sp³-hybridized carbons (Fsp3) is 0.500. The van der Waals surface area contributed by atoms with Crippen molar-refractivity contribution in [2.75, 3.05) is 6.54 Å². The summed E-state index contributed by atoms with van der Waals surface area (Å²) in [7, 11) is -7.80. The zero-order chi connectivity index (χ0) is 15.7. The highest BCUT2D eigenvalue weighted by molar-refractivity contribution is 7.90. The van der Waals surface area contributed by atoms with Crippen molar-refractivity contribution in [1.29, 1.82) is 0 Å². The van der Waals surface area contributed by atoms with Crippen LogP contribution in [0.3, 0.4) is 0 Å². The Kier molecular flexibility index (Phi) is 5.99. The maximum Gasteiger partial charge on any atom is 0.241 e. The zero-order valence-electron chi connectivity index (χ0n) is 11.9. The highest BCUT2D eigenvalue weighted by Crippen LogP contribution is 2.30. The van der Waals surface area contributed by atoms with Gasteiger partial charge >= 0.3 is 0 Å². The van der Waals surface area contributed by atoms with Gasteiger partial charge in [-0.3, -0.25) is 0 Å². The molecule has 0 heterocycles. The Labute approximate surface area is 137 Å². The Morgan fingerprint density at radius 3 is 2.14 bits per heavy atom. The van der Waals surface area contributed by atoms with Crippen LogP contribution >= 0.6 is 12.4 Å². The van der Waals surface area contributed by atoms with E-state index in [2.05, 4.69) is 4.72 Å². The van der Waals surface area contributed by atoms with Gasteiger partial charge in [-0.05, 0) is 31.0 Å². The second kappa shape index (κ2) is 6.81. The van der Waals surface area contributed by atoms with Crippen molar-refractivity contribution in [1.82, 2.24) is 4.72 Å². The van der Waals surface area contributed by atoms with E-state index in [-0.39, 0.29) is 28.7 Å². The molecule has 0 unspecified atom stereocenters. The first-order chi connectivity index (χ1) is 9.69. The molecule has 1 saturated carbocycles. The first kappa shape index (κ1) is 19.3. The molecular formula is C12H20ClN3O4S2. The zero-order valence-corrected chi connectivity index (χ0v) is 14.3. The van der Waals surface area contributed by atoms with Crippen molar-refractivity contribution in [2.24, 2.45) is 10.9 Å². The number of halogens is 1. The van der Waals surface area contributed by atoms with Crippen molar-refractivity contribution >= 4 is 32.5 Å². The third-order valence-electron chi connectivity index (χ3n) is 3.75. The van der Waals surface area contributed by atoms with Gasteiger partial charge in [0.05, 0.1) is 9.79 Å². The van der Waals surface area contributed by atoms with Crippen LogP contribution in [0.5, 0.6) is 0 Å². The minimum atomic E-state index is -3.95. The van der Waals surface area contributed by atoms with E-state index >= 15 is 0 Å². The highest BCUT2D eigenvalue weighted by atomic mass is 35.5. The predicted molar refractivity (Wildman–Crippen MR) is 85.6 cm³/mol. The summed E-state index contributed by atoms with van der Waals surface area (Å²) in [6.45, 7) is 0.209. The summed E-state index contributed by atoms with van der Waals surface area (Å²) in [4.78, 5) is -0.368. The number of hydrogen-bond acceptors (Lipinski definition) is 5. The molecular weight excluding hydrogens is 350 g/mol. The van der Waals surface area contributed by atoms with Gasteiger partial charge in [0.15, 0.2) is 0 Å². The first-order valence-electron chi connectivity index (χ1n) is 6.56. The number of rotatable bonds is 5. The summed E-state index contributed by atoms with van der Waals surface area (Å²) in [5.41, 5.74) is 5.07. The van der Waals surface area contributed by atoms with E-state index in [4.69, 9.17) is 10.9 Å². The number of sulfonamides is 2. The topological polar surface area (TPSA) is 132 Å². The van der Waals surface area contributed by atoms with Crippen LogP contribution in [0.2, 0.25) is 0 Å². The van der Waals surface area contributed by atoms with Crippen molar-refractivity contribution in [2.45, 2.75) is 41.0 Å². The van der Waals surface area contributed by atoms with Crippen LogP contribution in [0.25, 0.3) is 0 Å². The van der Waals surface area contributed by atoms with E-state index in [1.807, 2.05) is 0 Å². The fourth-order valence-corrected chi connectivity index (χ4v) is 4.71. The number of hydrogen-bond donors (Lipinski definition) is 3. The number of primary sulfonamides is 1. The van der Waals surface area contributed by atoms with Crippen LogP contribution in [0.15, 0.2) is 34.1 Å². The lowest BCUT2D eigenvalue weighted by atomic mass is 10.0. The fourth-order valence-electron chi connectivity index (χ4n) is 2.56. The lowest BCUT2D eigenvalue weighted by Crippen LogP contribution is -2.51. The normalized spacial score (nSPS) is 17.9. The second-order valence-electron chi connectivity index (χ2n) is 5.32. The largest absolute Gasteiger partial charge is 0.329 e. The van der Waals surface area contributed by atoms with Gasteiger partial charge in [-0.2, -0.15) is 0 Å². The summed E-state index contributed by atoms with van der Waals surface area (Å²) in [5, 5.41) is 5.02. The molecule has 1 aromatic rings. The molecule has 0 radical (unpaired) electrons. The van der Waals surface area contributed by atoms with E-state index in [1.54, 1.807) is 0 Å². The molecule has 1 aliphatic rings. The highest BCUT2D eigenvalue weighted by Gasteiger charge is 2.36. The summed E-state index contributed by atoms with van der Waals surface area (Å²) < 4.78 is 50.1. The molecule has 0 amide bonds. The number of benzene rings is 1. The van der Waals surface area contributed by atoms with Gasteiger partial charge in [-0.15, -0.1) is 12.4 Å². The van der Waals surface area contributed by atoms with Crippen LogP contribution in [0.4, 0.5) is 0 Å². The lowest BCUT2D eigenvalue weighted by Gasteiger charge is -2.28. The van der Waals surface area contributed by atoms with Gasteiger partial charge < -0.3 is 5.73 Å². The van der Waals surface area contributed by atoms with Crippen molar-refractivity contribution in [3.63, 3.8) is 0 Å². The lowest BCUT2D eigenvalue weighted by molar-refractivity contribution is 0.399. The number of nitrogens with one attached hydrogen (secondary N) is 1. The van der Waals surface area contributed by atoms with E-state index < -0.39 is 25.6 Å². The Morgan fingerprint density at radius 2 is 1.64 bits per heavy atom. The van der Waals surface area contributed by atoms with Crippen molar-refractivity contribution in [3.8, 4) is 0 Å². The molecule has 0 atom stereocenters. The minimum Gasteiger partial charge on any atom is -0.329 e. The molecule has 126 valence electrons. The quantitative estimate of drug-likeness (QED) is 0.686. The van der Waals surface area contributed by atoms with Crippen LogP contribution < -0.4 is 15.6 Å². The summed E-state index contributed by atoms with van der Waals surface area (Å²) >= 11 is 0. The third-order valence-corrected chi connectivity index (χ3v) is 6.23. The summed E-state index contributed by atoms with van der Waals surface area (Å²) in [6, 6.07) is 4.98. The Morgan fingerprint density at radius 1 is 1.09 bits per heavy atom. The van der Waals surface area contributed by atoms with E-state index in [0.717, 1.165) is 18.9 Å². The molecule has 0 aromatic heterocycles. The maximum atomic E-state index is 12.4. The predicted octanol–water partition coefficient (Wildman–Crippen LogP) is 0.306. The van der Waals surface area contributed by atoms with Crippen molar-refractivity contribution in [3.05, 3.63) is 24.3 Å². The van der Waals surface area contributed by atoms with Crippen LogP contribution in [-0.2, 0) is 20.0 Å². The molecule has 22 heavy (non-hydrogen) atoms. The Hall–Kier alpha value is -0.710. The molecule has 0 bridgehead atoms. The second-order valence-corrected chi connectivity index (χ2v) is 8.56. The summed E-state index contributed by atoms with van der Waals surface area (Å²) in [5.74, 6) is 0. The molecule has 0 aliphatic heterocycles. The smallest absolute Gasteiger partial charge is 0.241 e. The molecule has 0 spiro atoms. The molecule has 1 aliphatic carbocycles. The Bertz CT molecular complexity index is 728. The number of nitrogens with two attached hydrogens (primary N) is 2. The minimum absolute atomic E-state index is 0. The van der Waals surface area contributed by atoms with Gasteiger partial charge in [-0.25, -0.2) is 26.7 Å². The SMILES string of the molecule is Cl.NCC1(NS(=O)(=O)c2cccc(S(N)(=O)=O)c2)CCCC1.